The molecule has 16 heavy (non-hydrogen) atoms. The zero-order valence-electron chi connectivity index (χ0n) is 10.7. The summed E-state index contributed by atoms with van der Waals surface area (Å²) in [4.78, 5) is 0. The van der Waals surface area contributed by atoms with E-state index in [9.17, 15) is 0 Å². The van der Waals surface area contributed by atoms with Gasteiger partial charge in [-0.05, 0) is 26.3 Å². The van der Waals surface area contributed by atoms with Gasteiger partial charge < -0.3 is 10.6 Å². The largest absolute Gasteiger partial charge is 0.355 e. The van der Waals surface area contributed by atoms with E-state index in [2.05, 4.69) is 53.1 Å². The van der Waals surface area contributed by atoms with E-state index >= 15 is 0 Å². The van der Waals surface area contributed by atoms with Crippen LogP contribution in [0.25, 0.3) is 0 Å². The van der Waals surface area contributed by atoms with Crippen LogP contribution in [0, 0.1) is 5.92 Å². The second kappa shape index (κ2) is 6.48. The van der Waals surface area contributed by atoms with Crippen molar-refractivity contribution in [2.75, 3.05) is 18.4 Å². The second-order valence-electron chi connectivity index (χ2n) is 4.24. The maximum Gasteiger partial charge on any atom is 0.224 e. The Balaban J connectivity index is 2.58. The topological polar surface area (TPSA) is 54.8 Å². The number of nitrogens with one attached hydrogen (secondary N) is 2. The third kappa shape index (κ3) is 3.48. The molecule has 2 N–H and O–H groups in total. The second-order valence-corrected chi connectivity index (χ2v) is 4.24. The van der Waals surface area contributed by atoms with Gasteiger partial charge in [0.1, 0.15) is 5.82 Å². The highest BCUT2D eigenvalue weighted by molar-refractivity contribution is 5.25. The quantitative estimate of drug-likeness (QED) is 0.738. The van der Waals surface area contributed by atoms with Gasteiger partial charge in [-0.3, -0.25) is 4.57 Å². The van der Waals surface area contributed by atoms with Gasteiger partial charge in [-0.1, -0.05) is 13.8 Å². The van der Waals surface area contributed by atoms with Crippen molar-refractivity contribution in [3.63, 3.8) is 0 Å². The fourth-order valence-electron chi connectivity index (χ4n) is 1.56. The highest BCUT2D eigenvalue weighted by Gasteiger charge is 2.09. The van der Waals surface area contributed by atoms with Crippen molar-refractivity contribution in [2.24, 2.45) is 5.92 Å². The van der Waals surface area contributed by atoms with Crippen molar-refractivity contribution in [3.8, 4) is 0 Å². The fourth-order valence-corrected chi connectivity index (χ4v) is 1.56. The lowest BCUT2D eigenvalue weighted by Crippen LogP contribution is -2.21. The molecule has 0 aliphatic rings. The molecular formula is C11H23N5. The average Bonchev–Trinajstić information content (AvgIpc) is 2.61. The summed E-state index contributed by atoms with van der Waals surface area (Å²) < 4.78 is 2.11. The predicted octanol–water partition coefficient (Wildman–Crippen LogP) is 1.48. The lowest BCUT2D eigenvalue weighted by molar-refractivity contribution is 0.531. The van der Waals surface area contributed by atoms with E-state index in [1.54, 1.807) is 0 Å². The summed E-state index contributed by atoms with van der Waals surface area (Å²) in [6, 6.07) is 0. The van der Waals surface area contributed by atoms with Gasteiger partial charge in [0, 0.05) is 13.1 Å². The lowest BCUT2D eigenvalue weighted by atomic mass is 10.2. The Bertz CT molecular complexity index is 305. The number of hydrogen-bond acceptors (Lipinski definition) is 4. The monoisotopic (exact) mass is 225 g/mol. The summed E-state index contributed by atoms with van der Waals surface area (Å²) in [6.07, 6.45) is 0. The van der Waals surface area contributed by atoms with Crippen molar-refractivity contribution in [1.82, 2.24) is 20.1 Å². The van der Waals surface area contributed by atoms with Crippen LogP contribution in [-0.2, 0) is 13.1 Å². The van der Waals surface area contributed by atoms with Crippen LogP contribution in [0.4, 0.5) is 5.95 Å². The maximum atomic E-state index is 4.19. The Morgan fingerprint density at radius 3 is 2.56 bits per heavy atom. The molecule has 0 atom stereocenters. The van der Waals surface area contributed by atoms with E-state index in [0.717, 1.165) is 38.0 Å². The molecule has 1 aromatic rings. The molecule has 0 fully saturated rings. The number of rotatable bonds is 7. The Morgan fingerprint density at radius 1 is 1.25 bits per heavy atom. The third-order valence-electron chi connectivity index (χ3n) is 2.31. The molecular weight excluding hydrogens is 202 g/mol. The zero-order chi connectivity index (χ0) is 12.0. The summed E-state index contributed by atoms with van der Waals surface area (Å²) in [7, 11) is 0. The van der Waals surface area contributed by atoms with Crippen LogP contribution in [0.5, 0.6) is 0 Å². The van der Waals surface area contributed by atoms with Crippen molar-refractivity contribution >= 4 is 5.95 Å². The molecule has 0 amide bonds. The van der Waals surface area contributed by atoms with E-state index in [0.29, 0.717) is 5.92 Å². The third-order valence-corrected chi connectivity index (χ3v) is 2.31. The predicted molar refractivity (Wildman–Crippen MR) is 66.4 cm³/mol. The van der Waals surface area contributed by atoms with Gasteiger partial charge >= 0.3 is 0 Å². The van der Waals surface area contributed by atoms with Crippen LogP contribution >= 0.6 is 0 Å². The molecule has 0 spiro atoms. The molecule has 5 heteroatoms. The van der Waals surface area contributed by atoms with Crippen LogP contribution in [0.3, 0.4) is 0 Å². The van der Waals surface area contributed by atoms with E-state index in [-0.39, 0.29) is 0 Å². The molecule has 0 aliphatic heterocycles. The zero-order valence-corrected chi connectivity index (χ0v) is 10.7. The number of nitrogens with zero attached hydrogens (tertiary/aromatic N) is 3. The normalized spacial score (nSPS) is 11.1. The van der Waals surface area contributed by atoms with Gasteiger partial charge in [0.05, 0.1) is 6.54 Å². The van der Waals surface area contributed by atoms with Crippen LogP contribution in [0.1, 0.15) is 33.5 Å². The molecule has 0 aliphatic carbocycles. The Hall–Kier alpha value is -1.10. The maximum absolute atomic E-state index is 4.19. The van der Waals surface area contributed by atoms with Gasteiger partial charge in [0.2, 0.25) is 5.95 Å². The first kappa shape index (κ1) is 13.0. The summed E-state index contributed by atoms with van der Waals surface area (Å²) in [5.41, 5.74) is 0. The van der Waals surface area contributed by atoms with Crippen molar-refractivity contribution in [1.29, 1.82) is 0 Å². The minimum absolute atomic E-state index is 0.659. The summed E-state index contributed by atoms with van der Waals surface area (Å²) in [6.45, 7) is 12.1. The van der Waals surface area contributed by atoms with Gasteiger partial charge in [-0.15, -0.1) is 10.2 Å². The minimum Gasteiger partial charge on any atom is -0.355 e. The van der Waals surface area contributed by atoms with Crippen LogP contribution in [0.2, 0.25) is 0 Å². The Labute approximate surface area is 97.6 Å². The number of aromatic nitrogens is 3. The van der Waals surface area contributed by atoms with Crippen LogP contribution < -0.4 is 10.6 Å². The average molecular weight is 225 g/mol. The van der Waals surface area contributed by atoms with Crippen molar-refractivity contribution in [3.05, 3.63) is 5.82 Å². The Morgan fingerprint density at radius 2 is 2.00 bits per heavy atom. The highest BCUT2D eigenvalue weighted by atomic mass is 15.4. The molecule has 0 saturated heterocycles. The highest BCUT2D eigenvalue weighted by Crippen LogP contribution is 2.07. The molecule has 92 valence electrons. The summed E-state index contributed by atoms with van der Waals surface area (Å²) >= 11 is 0. The molecule has 1 heterocycles. The number of anilines is 1. The standard InChI is InChI=1S/C11H23N5/c1-5-13-11-15-14-10(16(11)6-2)8-12-7-9(3)4/h9,12H,5-8H2,1-4H3,(H,13,15). The van der Waals surface area contributed by atoms with Crippen molar-refractivity contribution in [2.45, 2.75) is 40.8 Å². The summed E-state index contributed by atoms with van der Waals surface area (Å²) in [5, 5.41) is 14.9. The van der Waals surface area contributed by atoms with Crippen LogP contribution in [-0.4, -0.2) is 27.9 Å². The van der Waals surface area contributed by atoms with E-state index in [1.165, 1.54) is 0 Å². The Kier molecular flexibility index (Phi) is 5.25. The molecule has 0 radical (unpaired) electrons. The molecule has 5 nitrogen and oxygen atoms in total. The smallest absolute Gasteiger partial charge is 0.224 e. The fraction of sp³-hybridized carbons (Fsp3) is 0.818. The molecule has 1 aromatic heterocycles. The first-order valence-corrected chi connectivity index (χ1v) is 6.05. The van der Waals surface area contributed by atoms with E-state index in [4.69, 9.17) is 0 Å². The molecule has 0 aromatic carbocycles. The van der Waals surface area contributed by atoms with E-state index < -0.39 is 0 Å². The molecule has 1 rings (SSSR count). The number of hydrogen-bond donors (Lipinski definition) is 2. The van der Waals surface area contributed by atoms with Gasteiger partial charge in [-0.2, -0.15) is 0 Å². The molecule has 0 bridgehead atoms. The van der Waals surface area contributed by atoms with E-state index in [1.807, 2.05) is 0 Å². The van der Waals surface area contributed by atoms with Crippen LogP contribution in [0.15, 0.2) is 0 Å². The lowest BCUT2D eigenvalue weighted by Gasteiger charge is -2.09. The first-order valence-electron chi connectivity index (χ1n) is 6.05. The van der Waals surface area contributed by atoms with Gasteiger partial charge in [-0.25, -0.2) is 0 Å². The van der Waals surface area contributed by atoms with Gasteiger partial charge in [0.25, 0.3) is 0 Å². The minimum atomic E-state index is 0.659. The summed E-state index contributed by atoms with van der Waals surface area (Å²) in [5.74, 6) is 2.52. The first-order chi connectivity index (χ1) is 7.69. The van der Waals surface area contributed by atoms with Crippen molar-refractivity contribution < 1.29 is 0 Å². The SMILES string of the molecule is CCNc1nnc(CNCC(C)C)n1CC. The molecule has 0 saturated carbocycles. The van der Waals surface area contributed by atoms with Gasteiger partial charge in [0.15, 0.2) is 0 Å². The molecule has 0 unspecified atom stereocenters.